The number of ether oxygens (including phenoxy) is 1. The summed E-state index contributed by atoms with van der Waals surface area (Å²) in [5, 5.41) is 18.1. The van der Waals surface area contributed by atoms with E-state index in [2.05, 4.69) is 25.2 Å². The normalized spacial score (nSPS) is 14.1. The average molecular weight is 467 g/mol. The molecule has 4 heterocycles. The monoisotopic (exact) mass is 466 g/mol. The van der Waals surface area contributed by atoms with Crippen LogP contribution in [0.1, 0.15) is 18.7 Å². The second-order valence-electron chi connectivity index (χ2n) is 8.65. The van der Waals surface area contributed by atoms with E-state index in [0.717, 1.165) is 29.8 Å². The average Bonchev–Trinajstić information content (AvgIpc) is 3.68. The fourth-order valence-corrected chi connectivity index (χ4v) is 4.40. The van der Waals surface area contributed by atoms with Crippen LogP contribution in [0.4, 0.5) is 0 Å². The van der Waals surface area contributed by atoms with Gasteiger partial charge in [-0.25, -0.2) is 4.98 Å². The molecule has 1 saturated heterocycles. The second-order valence-corrected chi connectivity index (χ2v) is 8.65. The highest BCUT2D eigenvalue weighted by atomic mass is 16.5. The number of rotatable bonds is 8. The highest BCUT2D eigenvalue weighted by Crippen LogP contribution is 2.30. The van der Waals surface area contributed by atoms with Gasteiger partial charge in [0.1, 0.15) is 6.33 Å². The van der Waals surface area contributed by atoms with Crippen molar-refractivity contribution in [3.63, 3.8) is 0 Å². The molecule has 0 aliphatic carbocycles. The zero-order valence-corrected chi connectivity index (χ0v) is 19.4. The molecule has 35 heavy (non-hydrogen) atoms. The number of benzene rings is 2. The maximum Gasteiger partial charge on any atom is 0.240 e. The van der Waals surface area contributed by atoms with Gasteiger partial charge in [0.25, 0.3) is 0 Å². The first-order valence-corrected chi connectivity index (χ1v) is 11.9. The Kier molecular flexibility index (Phi) is 5.90. The molecule has 1 aliphatic rings. The molecule has 0 unspecified atom stereocenters. The molecule has 9 heteroatoms. The Labute approximate surface area is 203 Å². The maximum absolute atomic E-state index is 6.20. The standard InChI is InChI=1S/C26H26N8O/c1-3-9-20(10-4-1)22-17-24-28-29-25(21-11-5-2-6-12-21)34(24)31-26(22)35-18-23-27-19-33(30-23)16-15-32-13-7-8-14-32/h1-6,9-12,17,19H,7-8,13-16,18H2. The number of nitrogens with zero attached hydrogens (tertiary/aromatic N) is 8. The molecule has 9 nitrogen and oxygen atoms in total. The largest absolute Gasteiger partial charge is 0.468 e. The summed E-state index contributed by atoms with van der Waals surface area (Å²) in [6.07, 6.45) is 4.35. The number of fused-ring (bicyclic) bond motifs is 1. The number of likely N-dealkylation sites (tertiary alicyclic amines) is 1. The predicted octanol–water partition coefficient (Wildman–Crippen LogP) is 3.72. The van der Waals surface area contributed by atoms with Crippen LogP contribution >= 0.6 is 0 Å². The molecule has 0 radical (unpaired) electrons. The smallest absolute Gasteiger partial charge is 0.240 e. The van der Waals surface area contributed by atoms with Gasteiger partial charge in [0, 0.05) is 17.7 Å². The van der Waals surface area contributed by atoms with Crippen LogP contribution in [0.3, 0.4) is 0 Å². The third-order valence-corrected chi connectivity index (χ3v) is 6.24. The van der Waals surface area contributed by atoms with Gasteiger partial charge in [-0.3, -0.25) is 4.68 Å². The summed E-state index contributed by atoms with van der Waals surface area (Å²) in [6.45, 7) is 4.39. The van der Waals surface area contributed by atoms with Crippen molar-refractivity contribution < 1.29 is 4.74 Å². The van der Waals surface area contributed by atoms with Crippen molar-refractivity contribution in [2.24, 2.45) is 0 Å². The second kappa shape index (κ2) is 9.63. The lowest BCUT2D eigenvalue weighted by atomic mass is 10.1. The quantitative estimate of drug-likeness (QED) is 0.344. The lowest BCUT2D eigenvalue weighted by Gasteiger charge is -2.13. The topological polar surface area (TPSA) is 86.3 Å². The Morgan fingerprint density at radius 3 is 2.31 bits per heavy atom. The van der Waals surface area contributed by atoms with Gasteiger partial charge in [-0.05, 0) is 37.6 Å². The first kappa shape index (κ1) is 21.4. The van der Waals surface area contributed by atoms with Crippen LogP contribution in [0.15, 0.2) is 73.1 Å². The van der Waals surface area contributed by atoms with E-state index in [1.165, 1.54) is 25.9 Å². The number of hydrogen-bond donors (Lipinski definition) is 0. The van der Waals surface area contributed by atoms with E-state index in [-0.39, 0.29) is 6.61 Å². The third kappa shape index (κ3) is 4.63. The van der Waals surface area contributed by atoms with Crippen LogP contribution in [-0.2, 0) is 13.2 Å². The molecule has 0 atom stereocenters. The summed E-state index contributed by atoms with van der Waals surface area (Å²) in [5.41, 5.74) is 3.42. The van der Waals surface area contributed by atoms with Crippen LogP contribution in [0.25, 0.3) is 28.2 Å². The van der Waals surface area contributed by atoms with Crippen molar-refractivity contribution in [3.8, 4) is 28.4 Å². The molecule has 0 N–H and O–H groups in total. The molecule has 0 saturated carbocycles. The molecule has 5 aromatic rings. The minimum absolute atomic E-state index is 0.220. The summed E-state index contributed by atoms with van der Waals surface area (Å²) in [4.78, 5) is 6.91. The SMILES string of the molecule is c1ccc(-c2cc3nnc(-c4ccccc4)n3nc2OCc2ncn(CCN3CCCC3)n2)cc1. The van der Waals surface area contributed by atoms with Gasteiger partial charge in [-0.1, -0.05) is 60.7 Å². The summed E-state index contributed by atoms with van der Waals surface area (Å²) in [6, 6.07) is 21.9. The van der Waals surface area contributed by atoms with Crippen molar-refractivity contribution in [1.82, 2.24) is 39.5 Å². The van der Waals surface area contributed by atoms with Gasteiger partial charge in [0.05, 0.1) is 6.54 Å². The molecule has 1 fully saturated rings. The fraction of sp³-hybridized carbons (Fsp3) is 0.269. The Morgan fingerprint density at radius 1 is 0.800 bits per heavy atom. The molecule has 0 amide bonds. The van der Waals surface area contributed by atoms with Crippen molar-refractivity contribution >= 4 is 5.65 Å². The molecule has 176 valence electrons. The van der Waals surface area contributed by atoms with Gasteiger partial charge < -0.3 is 9.64 Å². The van der Waals surface area contributed by atoms with Crippen molar-refractivity contribution in [1.29, 1.82) is 0 Å². The first-order valence-electron chi connectivity index (χ1n) is 11.9. The lowest BCUT2D eigenvalue weighted by Crippen LogP contribution is -2.24. The van der Waals surface area contributed by atoms with E-state index in [0.29, 0.717) is 23.2 Å². The molecule has 1 aliphatic heterocycles. The summed E-state index contributed by atoms with van der Waals surface area (Å²) in [5.74, 6) is 1.77. The fourth-order valence-electron chi connectivity index (χ4n) is 4.40. The summed E-state index contributed by atoms with van der Waals surface area (Å²) in [7, 11) is 0. The van der Waals surface area contributed by atoms with Crippen molar-refractivity contribution in [2.45, 2.75) is 26.0 Å². The van der Waals surface area contributed by atoms with E-state index in [9.17, 15) is 0 Å². The zero-order chi connectivity index (χ0) is 23.5. The maximum atomic E-state index is 6.20. The first-order chi connectivity index (χ1) is 17.3. The molecule has 0 bridgehead atoms. The van der Waals surface area contributed by atoms with Crippen LogP contribution in [0.2, 0.25) is 0 Å². The van der Waals surface area contributed by atoms with Gasteiger partial charge in [0.15, 0.2) is 23.9 Å². The highest BCUT2D eigenvalue weighted by molar-refractivity contribution is 5.72. The third-order valence-electron chi connectivity index (χ3n) is 6.24. The van der Waals surface area contributed by atoms with Crippen LogP contribution < -0.4 is 4.74 Å². The summed E-state index contributed by atoms with van der Waals surface area (Å²) < 4.78 is 9.81. The molecule has 3 aromatic heterocycles. The van der Waals surface area contributed by atoms with Crippen molar-refractivity contribution in [2.75, 3.05) is 19.6 Å². The molecule has 2 aromatic carbocycles. The highest BCUT2D eigenvalue weighted by Gasteiger charge is 2.17. The van der Waals surface area contributed by atoms with E-state index in [1.54, 1.807) is 10.8 Å². The van der Waals surface area contributed by atoms with Crippen LogP contribution in [-0.4, -0.2) is 59.1 Å². The molecular weight excluding hydrogens is 440 g/mol. The minimum atomic E-state index is 0.220. The molecular formula is C26H26N8O. The molecule has 6 rings (SSSR count). The van der Waals surface area contributed by atoms with Gasteiger partial charge >= 0.3 is 0 Å². The van der Waals surface area contributed by atoms with E-state index in [4.69, 9.17) is 9.84 Å². The zero-order valence-electron chi connectivity index (χ0n) is 19.4. The predicted molar refractivity (Wildman–Crippen MR) is 132 cm³/mol. The minimum Gasteiger partial charge on any atom is -0.468 e. The van der Waals surface area contributed by atoms with E-state index in [1.807, 2.05) is 71.4 Å². The van der Waals surface area contributed by atoms with Crippen LogP contribution in [0.5, 0.6) is 5.88 Å². The Morgan fingerprint density at radius 2 is 1.54 bits per heavy atom. The van der Waals surface area contributed by atoms with Gasteiger partial charge in [-0.15, -0.1) is 15.3 Å². The number of aromatic nitrogens is 7. The van der Waals surface area contributed by atoms with E-state index < -0.39 is 0 Å². The van der Waals surface area contributed by atoms with Gasteiger partial charge in [0.2, 0.25) is 5.88 Å². The number of hydrogen-bond acceptors (Lipinski definition) is 7. The Hall–Kier alpha value is -4.11. The Balaban J connectivity index is 1.28. The lowest BCUT2D eigenvalue weighted by molar-refractivity contribution is 0.278. The summed E-state index contributed by atoms with van der Waals surface area (Å²) >= 11 is 0. The van der Waals surface area contributed by atoms with Crippen LogP contribution in [0, 0.1) is 0 Å². The van der Waals surface area contributed by atoms with E-state index >= 15 is 0 Å². The van der Waals surface area contributed by atoms with Crippen molar-refractivity contribution in [3.05, 3.63) is 78.9 Å². The van der Waals surface area contributed by atoms with Gasteiger partial charge in [-0.2, -0.15) is 9.61 Å². The Bertz CT molecular complexity index is 1410. The molecule has 0 spiro atoms.